The summed E-state index contributed by atoms with van der Waals surface area (Å²) in [4.78, 5) is 14.2. The topological polar surface area (TPSA) is 46.7 Å². The van der Waals surface area contributed by atoms with Crippen LogP contribution in [0.25, 0.3) is 11.0 Å². The van der Waals surface area contributed by atoms with Crippen molar-refractivity contribution < 1.29 is 14.1 Å². The highest BCUT2D eigenvalue weighted by molar-refractivity contribution is 9.10. The molecule has 0 aliphatic carbocycles. The van der Waals surface area contributed by atoms with Gasteiger partial charge in [0, 0.05) is 27.4 Å². The van der Waals surface area contributed by atoms with Gasteiger partial charge in [-0.15, -0.1) is 0 Å². The summed E-state index contributed by atoms with van der Waals surface area (Å²) in [5.41, 5.74) is 2.98. The van der Waals surface area contributed by atoms with Gasteiger partial charge in [0.1, 0.15) is 12.1 Å². The quantitative estimate of drug-likeness (QED) is 0.690. The third-order valence-electron chi connectivity index (χ3n) is 5.12. The summed E-state index contributed by atoms with van der Waals surface area (Å²) in [6.07, 6.45) is 0.999. The maximum absolute atomic E-state index is 12.7. The first-order valence-electron chi connectivity index (χ1n) is 8.97. The standard InChI is InChI=1S/C21H21BrN2O2/c1-14-18-11-16(22)7-8-19(18)26-20(14)21(25)23-17-9-10-24(13-17)12-15-5-3-2-4-6-15/h2-8,11,17H,9-10,12-13H2,1H3,(H,23,25)/p+1/t17-/m0/s1. The molecular formula is C21H22BrN2O2+. The van der Waals surface area contributed by atoms with Gasteiger partial charge in [0.25, 0.3) is 5.91 Å². The molecule has 2 aromatic carbocycles. The Bertz CT molecular complexity index is 936. The second-order valence-corrected chi connectivity index (χ2v) is 7.94. The number of benzene rings is 2. The van der Waals surface area contributed by atoms with Crippen LogP contribution in [0.3, 0.4) is 0 Å². The summed E-state index contributed by atoms with van der Waals surface area (Å²) < 4.78 is 6.79. The highest BCUT2D eigenvalue weighted by Gasteiger charge is 2.29. The van der Waals surface area contributed by atoms with Crippen molar-refractivity contribution in [2.24, 2.45) is 0 Å². The SMILES string of the molecule is Cc1c(C(=O)N[C@H]2CC[NH+](Cc3ccccc3)C2)oc2ccc(Br)cc12. The molecule has 1 unspecified atom stereocenters. The van der Waals surface area contributed by atoms with Gasteiger partial charge in [-0.25, -0.2) is 0 Å². The minimum Gasteiger partial charge on any atom is -0.451 e. The van der Waals surface area contributed by atoms with Gasteiger partial charge < -0.3 is 14.6 Å². The van der Waals surface area contributed by atoms with Crippen LogP contribution in [0.15, 0.2) is 57.4 Å². The molecular weight excluding hydrogens is 392 g/mol. The molecule has 1 amide bonds. The molecule has 5 heteroatoms. The Morgan fingerprint density at radius 2 is 2.08 bits per heavy atom. The molecule has 1 aliphatic heterocycles. The third-order valence-corrected chi connectivity index (χ3v) is 5.61. The fourth-order valence-electron chi connectivity index (χ4n) is 3.76. The van der Waals surface area contributed by atoms with Crippen molar-refractivity contribution in [3.63, 3.8) is 0 Å². The number of quaternary nitrogens is 1. The molecule has 0 spiro atoms. The molecule has 2 N–H and O–H groups in total. The molecule has 0 saturated carbocycles. The number of likely N-dealkylation sites (tertiary alicyclic amines) is 1. The Labute approximate surface area is 161 Å². The molecule has 0 radical (unpaired) electrons. The number of rotatable bonds is 4. The van der Waals surface area contributed by atoms with Crippen molar-refractivity contribution in [2.75, 3.05) is 13.1 Å². The molecule has 2 heterocycles. The zero-order valence-corrected chi connectivity index (χ0v) is 16.3. The predicted molar refractivity (Wildman–Crippen MR) is 105 cm³/mol. The van der Waals surface area contributed by atoms with Crippen LogP contribution >= 0.6 is 15.9 Å². The van der Waals surface area contributed by atoms with E-state index < -0.39 is 0 Å². The van der Waals surface area contributed by atoms with E-state index in [2.05, 4.69) is 45.5 Å². The van der Waals surface area contributed by atoms with E-state index in [4.69, 9.17) is 4.42 Å². The first kappa shape index (κ1) is 17.3. The van der Waals surface area contributed by atoms with Crippen molar-refractivity contribution in [1.29, 1.82) is 0 Å². The fraction of sp³-hybridized carbons (Fsp3) is 0.286. The van der Waals surface area contributed by atoms with E-state index in [0.717, 1.165) is 47.1 Å². The van der Waals surface area contributed by atoms with Crippen LogP contribution in [0.4, 0.5) is 0 Å². The van der Waals surface area contributed by atoms with E-state index in [0.29, 0.717) is 5.76 Å². The van der Waals surface area contributed by atoms with Crippen molar-refractivity contribution in [1.82, 2.24) is 5.32 Å². The van der Waals surface area contributed by atoms with E-state index in [-0.39, 0.29) is 11.9 Å². The van der Waals surface area contributed by atoms with E-state index in [1.807, 2.05) is 31.2 Å². The second-order valence-electron chi connectivity index (χ2n) is 7.02. The number of nitrogens with one attached hydrogen (secondary N) is 2. The molecule has 1 fully saturated rings. The molecule has 134 valence electrons. The lowest BCUT2D eigenvalue weighted by Gasteiger charge is -2.14. The summed E-state index contributed by atoms with van der Waals surface area (Å²) in [6, 6.07) is 16.5. The second kappa shape index (κ2) is 7.25. The van der Waals surface area contributed by atoms with Crippen LogP contribution < -0.4 is 10.2 Å². The van der Waals surface area contributed by atoms with Crippen LogP contribution in [-0.4, -0.2) is 25.0 Å². The molecule has 3 aromatic rings. The summed E-state index contributed by atoms with van der Waals surface area (Å²) in [6.45, 7) is 4.97. The smallest absolute Gasteiger partial charge is 0.287 e. The Balaban J connectivity index is 1.42. The number of carbonyl (C=O) groups is 1. The van der Waals surface area contributed by atoms with Gasteiger partial charge in [-0.1, -0.05) is 46.3 Å². The van der Waals surface area contributed by atoms with Gasteiger partial charge in [-0.3, -0.25) is 4.79 Å². The van der Waals surface area contributed by atoms with E-state index in [1.54, 1.807) is 0 Å². The Morgan fingerprint density at radius 1 is 1.27 bits per heavy atom. The fourth-order valence-corrected chi connectivity index (χ4v) is 4.12. The molecule has 0 bridgehead atoms. The molecule has 1 aliphatic rings. The van der Waals surface area contributed by atoms with Crippen LogP contribution in [0.2, 0.25) is 0 Å². The van der Waals surface area contributed by atoms with Gasteiger partial charge in [-0.05, 0) is 25.1 Å². The van der Waals surface area contributed by atoms with E-state index in [1.165, 1.54) is 10.5 Å². The summed E-state index contributed by atoms with van der Waals surface area (Å²) in [5.74, 6) is 0.315. The maximum atomic E-state index is 12.7. The highest BCUT2D eigenvalue weighted by atomic mass is 79.9. The lowest BCUT2D eigenvalue weighted by molar-refractivity contribution is -0.901. The number of aryl methyl sites for hydroxylation is 1. The van der Waals surface area contributed by atoms with E-state index >= 15 is 0 Å². The molecule has 1 saturated heterocycles. The molecule has 4 nitrogen and oxygen atoms in total. The number of hydrogen-bond donors (Lipinski definition) is 2. The van der Waals surface area contributed by atoms with Crippen LogP contribution in [0, 0.1) is 6.92 Å². The van der Waals surface area contributed by atoms with Gasteiger partial charge in [0.2, 0.25) is 0 Å². The van der Waals surface area contributed by atoms with Gasteiger partial charge >= 0.3 is 0 Å². The number of fused-ring (bicyclic) bond motifs is 1. The van der Waals surface area contributed by atoms with Crippen LogP contribution in [-0.2, 0) is 6.54 Å². The van der Waals surface area contributed by atoms with Gasteiger partial charge in [0.15, 0.2) is 5.76 Å². The van der Waals surface area contributed by atoms with Crippen LogP contribution in [0.5, 0.6) is 0 Å². The first-order chi connectivity index (χ1) is 12.6. The Kier molecular flexibility index (Phi) is 4.83. The zero-order valence-electron chi connectivity index (χ0n) is 14.7. The first-order valence-corrected chi connectivity index (χ1v) is 9.76. The third kappa shape index (κ3) is 3.55. The lowest BCUT2D eigenvalue weighted by Crippen LogP contribution is -3.09. The number of carbonyl (C=O) groups excluding carboxylic acids is 1. The van der Waals surface area contributed by atoms with Crippen LogP contribution in [0.1, 0.15) is 28.1 Å². The summed E-state index contributed by atoms with van der Waals surface area (Å²) in [5, 5.41) is 4.14. The Morgan fingerprint density at radius 3 is 2.88 bits per heavy atom. The average molecular weight is 414 g/mol. The zero-order chi connectivity index (χ0) is 18.1. The molecule has 2 atom stereocenters. The van der Waals surface area contributed by atoms with Crippen molar-refractivity contribution in [2.45, 2.75) is 25.9 Å². The summed E-state index contributed by atoms with van der Waals surface area (Å²) in [7, 11) is 0. The monoisotopic (exact) mass is 413 g/mol. The number of halogens is 1. The largest absolute Gasteiger partial charge is 0.451 e. The normalized spacial score (nSPS) is 19.8. The van der Waals surface area contributed by atoms with Crippen molar-refractivity contribution in [3.8, 4) is 0 Å². The van der Waals surface area contributed by atoms with Crippen molar-refractivity contribution >= 4 is 32.8 Å². The number of amides is 1. The predicted octanol–water partition coefficient (Wildman–Crippen LogP) is 3.09. The molecule has 4 rings (SSSR count). The molecule has 26 heavy (non-hydrogen) atoms. The molecule has 1 aromatic heterocycles. The number of furan rings is 1. The summed E-state index contributed by atoms with van der Waals surface area (Å²) >= 11 is 3.47. The van der Waals surface area contributed by atoms with Gasteiger partial charge in [-0.2, -0.15) is 0 Å². The minimum absolute atomic E-state index is 0.110. The lowest BCUT2D eigenvalue weighted by atomic mass is 10.1. The van der Waals surface area contributed by atoms with E-state index in [9.17, 15) is 4.79 Å². The Hall–Kier alpha value is -2.11. The highest BCUT2D eigenvalue weighted by Crippen LogP contribution is 2.28. The minimum atomic E-state index is -0.110. The van der Waals surface area contributed by atoms with Gasteiger partial charge in [0.05, 0.1) is 19.1 Å². The number of hydrogen-bond acceptors (Lipinski definition) is 2. The maximum Gasteiger partial charge on any atom is 0.287 e. The van der Waals surface area contributed by atoms with Crippen molar-refractivity contribution in [3.05, 3.63) is 69.9 Å². The average Bonchev–Trinajstić information content (AvgIpc) is 3.20.